The molecule has 22 heavy (non-hydrogen) atoms. The summed E-state index contributed by atoms with van der Waals surface area (Å²) >= 11 is 6.34. The minimum atomic E-state index is 0.278. The van der Waals surface area contributed by atoms with Crippen molar-refractivity contribution in [2.75, 3.05) is 5.73 Å². The number of fused-ring (bicyclic) bond motifs is 1. The van der Waals surface area contributed by atoms with Gasteiger partial charge in [0.05, 0.1) is 16.8 Å². The van der Waals surface area contributed by atoms with Crippen LogP contribution in [-0.4, -0.2) is 0 Å². The van der Waals surface area contributed by atoms with E-state index in [1.54, 1.807) is 0 Å². The first-order chi connectivity index (χ1) is 10.7. The van der Waals surface area contributed by atoms with Crippen LogP contribution in [0.25, 0.3) is 11.1 Å². The first kappa shape index (κ1) is 14.4. The third kappa shape index (κ3) is 2.11. The number of rotatable bonds is 1. The molecule has 2 aromatic rings. The molecule has 0 aliphatic heterocycles. The number of halogens is 1. The van der Waals surface area contributed by atoms with Gasteiger partial charge in [-0.05, 0) is 42.9 Å². The topological polar surface area (TPSA) is 73.6 Å². The number of hydrogen-bond donors (Lipinski definition) is 1. The molecule has 2 aromatic carbocycles. The van der Waals surface area contributed by atoms with Crippen LogP contribution in [0.3, 0.4) is 0 Å². The van der Waals surface area contributed by atoms with Crippen LogP contribution in [0.15, 0.2) is 24.3 Å². The van der Waals surface area contributed by atoms with E-state index in [1.165, 1.54) is 0 Å². The highest BCUT2D eigenvalue weighted by Crippen LogP contribution is 2.42. The average Bonchev–Trinajstić information content (AvgIpc) is 2.54. The SMILES string of the molecule is N#Cc1c(N)c(C#N)c(-c2ccccc2Cl)c2c1CCCC2. The maximum atomic E-state index is 9.59. The van der Waals surface area contributed by atoms with Gasteiger partial charge in [-0.2, -0.15) is 10.5 Å². The number of nitriles is 2. The van der Waals surface area contributed by atoms with Crippen molar-refractivity contribution in [2.24, 2.45) is 0 Å². The molecule has 1 aliphatic carbocycles. The number of anilines is 1. The highest BCUT2D eigenvalue weighted by molar-refractivity contribution is 6.33. The number of benzene rings is 2. The number of nitrogen functional groups attached to an aromatic ring is 1. The molecule has 0 radical (unpaired) electrons. The molecule has 4 heteroatoms. The highest BCUT2D eigenvalue weighted by Gasteiger charge is 2.25. The standard InChI is InChI=1S/C18H14ClN3/c19-16-8-4-3-7-13(16)17-12-6-2-1-5-11(12)14(9-20)18(22)15(17)10-21/h3-4,7-8H,1-2,5-6,22H2. The van der Waals surface area contributed by atoms with Crippen LogP contribution in [0.1, 0.15) is 35.1 Å². The van der Waals surface area contributed by atoms with Crippen molar-refractivity contribution >= 4 is 17.3 Å². The second-order valence-electron chi connectivity index (χ2n) is 5.41. The second kappa shape index (κ2) is 5.72. The quantitative estimate of drug-likeness (QED) is 0.802. The van der Waals surface area contributed by atoms with Gasteiger partial charge in [-0.1, -0.05) is 29.8 Å². The lowest BCUT2D eigenvalue weighted by molar-refractivity contribution is 0.685. The molecule has 2 N–H and O–H groups in total. The molecule has 0 fully saturated rings. The minimum absolute atomic E-state index is 0.278. The van der Waals surface area contributed by atoms with E-state index in [1.807, 2.05) is 24.3 Å². The van der Waals surface area contributed by atoms with Gasteiger partial charge in [0.2, 0.25) is 0 Å². The zero-order valence-corrected chi connectivity index (χ0v) is 12.7. The second-order valence-corrected chi connectivity index (χ2v) is 5.81. The van der Waals surface area contributed by atoms with E-state index in [4.69, 9.17) is 17.3 Å². The fraction of sp³-hybridized carbons (Fsp3) is 0.222. The lowest BCUT2D eigenvalue weighted by Crippen LogP contribution is -2.12. The lowest BCUT2D eigenvalue weighted by Gasteiger charge is -2.24. The third-order valence-corrected chi connectivity index (χ3v) is 4.56. The maximum absolute atomic E-state index is 9.59. The molecule has 0 aromatic heterocycles. The van der Waals surface area contributed by atoms with Gasteiger partial charge < -0.3 is 5.73 Å². The Balaban J connectivity index is 2.45. The number of hydrogen-bond acceptors (Lipinski definition) is 3. The van der Waals surface area contributed by atoms with Crippen LogP contribution in [0.4, 0.5) is 5.69 Å². The van der Waals surface area contributed by atoms with Crippen LogP contribution in [-0.2, 0) is 12.8 Å². The normalized spacial score (nSPS) is 13.0. The summed E-state index contributed by atoms with van der Waals surface area (Å²) in [7, 11) is 0. The predicted molar refractivity (Wildman–Crippen MR) is 87.4 cm³/mol. The summed E-state index contributed by atoms with van der Waals surface area (Å²) < 4.78 is 0. The zero-order chi connectivity index (χ0) is 15.7. The molecule has 0 saturated carbocycles. The Morgan fingerprint density at radius 3 is 2.23 bits per heavy atom. The molecular weight excluding hydrogens is 294 g/mol. The summed E-state index contributed by atoms with van der Waals surface area (Å²) in [6.45, 7) is 0. The van der Waals surface area contributed by atoms with Gasteiger partial charge in [-0.25, -0.2) is 0 Å². The van der Waals surface area contributed by atoms with Crippen molar-refractivity contribution in [1.82, 2.24) is 0 Å². The van der Waals surface area contributed by atoms with Gasteiger partial charge in [0.25, 0.3) is 0 Å². The Bertz CT molecular complexity index is 841. The largest absolute Gasteiger partial charge is 0.397 e. The molecule has 0 atom stereocenters. The van der Waals surface area contributed by atoms with Gasteiger partial charge in [0, 0.05) is 16.1 Å². The van der Waals surface area contributed by atoms with E-state index in [2.05, 4.69) is 12.1 Å². The Kier molecular flexibility index (Phi) is 3.75. The van der Waals surface area contributed by atoms with Crippen LogP contribution in [0.5, 0.6) is 0 Å². The summed E-state index contributed by atoms with van der Waals surface area (Å²) in [4.78, 5) is 0. The van der Waals surface area contributed by atoms with Crippen molar-refractivity contribution in [3.63, 3.8) is 0 Å². The van der Waals surface area contributed by atoms with E-state index in [-0.39, 0.29) is 5.69 Å². The summed E-state index contributed by atoms with van der Waals surface area (Å²) in [5, 5.41) is 19.6. The molecule has 3 rings (SSSR count). The monoisotopic (exact) mass is 307 g/mol. The molecule has 0 spiro atoms. The lowest BCUT2D eigenvalue weighted by atomic mass is 9.80. The molecule has 0 bridgehead atoms. The van der Waals surface area contributed by atoms with E-state index in [9.17, 15) is 10.5 Å². The summed E-state index contributed by atoms with van der Waals surface area (Å²) in [5.74, 6) is 0. The van der Waals surface area contributed by atoms with Crippen molar-refractivity contribution in [2.45, 2.75) is 25.7 Å². The summed E-state index contributed by atoms with van der Waals surface area (Å²) in [5.41, 5.74) is 10.9. The smallest absolute Gasteiger partial charge is 0.102 e. The van der Waals surface area contributed by atoms with E-state index < -0.39 is 0 Å². The predicted octanol–water partition coefficient (Wildman–Crippen LogP) is 4.21. The Morgan fingerprint density at radius 1 is 0.955 bits per heavy atom. The molecular formula is C18H14ClN3. The van der Waals surface area contributed by atoms with E-state index >= 15 is 0 Å². The van der Waals surface area contributed by atoms with Crippen LogP contribution < -0.4 is 5.73 Å². The molecule has 108 valence electrons. The van der Waals surface area contributed by atoms with Crippen molar-refractivity contribution in [3.8, 4) is 23.3 Å². The Morgan fingerprint density at radius 2 is 1.59 bits per heavy atom. The molecule has 0 amide bonds. The van der Waals surface area contributed by atoms with Crippen molar-refractivity contribution in [3.05, 3.63) is 51.5 Å². The maximum Gasteiger partial charge on any atom is 0.102 e. The van der Waals surface area contributed by atoms with Crippen LogP contribution in [0, 0.1) is 22.7 Å². The first-order valence-corrected chi connectivity index (χ1v) is 7.59. The molecule has 0 heterocycles. The molecule has 3 nitrogen and oxygen atoms in total. The van der Waals surface area contributed by atoms with Crippen LogP contribution in [0.2, 0.25) is 5.02 Å². The van der Waals surface area contributed by atoms with Crippen molar-refractivity contribution < 1.29 is 0 Å². The van der Waals surface area contributed by atoms with E-state index in [0.29, 0.717) is 16.1 Å². The summed E-state index contributed by atoms with van der Waals surface area (Å²) in [6.07, 6.45) is 3.75. The zero-order valence-electron chi connectivity index (χ0n) is 12.0. The van der Waals surface area contributed by atoms with Gasteiger partial charge in [-0.3, -0.25) is 0 Å². The Hall–Kier alpha value is -2.49. The Labute approximate surface area is 134 Å². The number of nitrogens with two attached hydrogens (primary N) is 1. The fourth-order valence-electron chi connectivity index (χ4n) is 3.24. The summed E-state index contributed by atoms with van der Waals surface area (Å²) in [6, 6.07) is 11.8. The fourth-order valence-corrected chi connectivity index (χ4v) is 3.47. The van der Waals surface area contributed by atoms with Gasteiger partial charge in [0.15, 0.2) is 0 Å². The third-order valence-electron chi connectivity index (χ3n) is 4.23. The highest BCUT2D eigenvalue weighted by atomic mass is 35.5. The molecule has 0 unspecified atom stereocenters. The van der Waals surface area contributed by atoms with Gasteiger partial charge >= 0.3 is 0 Å². The average molecular weight is 308 g/mol. The first-order valence-electron chi connectivity index (χ1n) is 7.21. The van der Waals surface area contributed by atoms with Crippen LogP contribution >= 0.6 is 11.6 Å². The van der Waals surface area contributed by atoms with Crippen molar-refractivity contribution in [1.29, 1.82) is 10.5 Å². The van der Waals surface area contributed by atoms with E-state index in [0.717, 1.165) is 47.9 Å². The number of nitrogens with zero attached hydrogens (tertiary/aromatic N) is 2. The minimum Gasteiger partial charge on any atom is -0.397 e. The van der Waals surface area contributed by atoms with Gasteiger partial charge in [-0.15, -0.1) is 0 Å². The van der Waals surface area contributed by atoms with Gasteiger partial charge in [0.1, 0.15) is 12.1 Å². The molecule has 1 aliphatic rings. The molecule has 0 saturated heterocycles.